The van der Waals surface area contributed by atoms with Gasteiger partial charge in [-0.3, -0.25) is 9.79 Å². The summed E-state index contributed by atoms with van der Waals surface area (Å²) in [5.74, 6) is -0.321. The standard InChI is InChI=1S/C10H14N2O/c1-5-10(13)12-9(3)8(2)6-7-11-4/h5-7H,1H2,2-4H3. The normalized spacial score (nSPS) is 13.5. The molecule has 0 aliphatic heterocycles. The molecule has 3 nitrogen and oxygen atoms in total. The van der Waals surface area contributed by atoms with Gasteiger partial charge in [0.15, 0.2) is 0 Å². The van der Waals surface area contributed by atoms with Crippen molar-refractivity contribution in [1.82, 2.24) is 0 Å². The van der Waals surface area contributed by atoms with Crippen LogP contribution in [-0.4, -0.2) is 24.9 Å². The van der Waals surface area contributed by atoms with Crippen LogP contribution in [0.5, 0.6) is 0 Å². The zero-order valence-electron chi connectivity index (χ0n) is 8.24. The van der Waals surface area contributed by atoms with Crippen molar-refractivity contribution in [1.29, 1.82) is 0 Å². The topological polar surface area (TPSA) is 41.8 Å². The van der Waals surface area contributed by atoms with Crippen molar-refractivity contribution in [2.45, 2.75) is 13.8 Å². The van der Waals surface area contributed by atoms with Gasteiger partial charge in [0.25, 0.3) is 5.91 Å². The van der Waals surface area contributed by atoms with E-state index in [0.29, 0.717) is 5.71 Å². The number of allylic oxidation sites excluding steroid dienone is 2. The van der Waals surface area contributed by atoms with Crippen LogP contribution in [0, 0.1) is 0 Å². The fourth-order valence-corrected chi connectivity index (χ4v) is 0.606. The second kappa shape index (κ2) is 6.06. The molecule has 70 valence electrons. The first-order valence-electron chi connectivity index (χ1n) is 3.93. The van der Waals surface area contributed by atoms with Gasteiger partial charge in [-0.05, 0) is 31.6 Å². The first kappa shape index (κ1) is 11.5. The van der Waals surface area contributed by atoms with Gasteiger partial charge in [0.2, 0.25) is 0 Å². The largest absolute Gasteiger partial charge is 0.297 e. The molecule has 0 aromatic carbocycles. The summed E-state index contributed by atoms with van der Waals surface area (Å²) < 4.78 is 0. The van der Waals surface area contributed by atoms with Crippen molar-refractivity contribution in [2.75, 3.05) is 7.05 Å². The fraction of sp³-hybridized carbons (Fsp3) is 0.300. The number of hydrogen-bond acceptors (Lipinski definition) is 2. The van der Waals surface area contributed by atoms with Crippen LogP contribution < -0.4 is 0 Å². The highest BCUT2D eigenvalue weighted by molar-refractivity contribution is 6.08. The molecule has 0 unspecified atom stereocenters. The van der Waals surface area contributed by atoms with Gasteiger partial charge in [-0.15, -0.1) is 0 Å². The van der Waals surface area contributed by atoms with E-state index in [9.17, 15) is 4.79 Å². The SMILES string of the molecule is C=CC(=O)N=C(C)C(C)=CC=NC. The smallest absolute Gasteiger partial charge is 0.269 e. The number of nitrogens with zero attached hydrogens (tertiary/aromatic N) is 2. The lowest BCUT2D eigenvalue weighted by molar-refractivity contribution is -0.113. The number of amides is 1. The first-order valence-corrected chi connectivity index (χ1v) is 3.93. The van der Waals surface area contributed by atoms with E-state index in [0.717, 1.165) is 5.57 Å². The minimum atomic E-state index is -0.321. The number of aliphatic imine (C=N–C) groups is 2. The van der Waals surface area contributed by atoms with Crippen LogP contribution in [-0.2, 0) is 4.79 Å². The summed E-state index contributed by atoms with van der Waals surface area (Å²) in [4.78, 5) is 18.4. The maximum atomic E-state index is 10.8. The van der Waals surface area contributed by atoms with Crippen molar-refractivity contribution >= 4 is 17.8 Å². The van der Waals surface area contributed by atoms with E-state index in [-0.39, 0.29) is 5.91 Å². The van der Waals surface area contributed by atoms with E-state index >= 15 is 0 Å². The molecule has 0 bridgehead atoms. The Bertz CT molecular complexity index is 285. The molecule has 0 heterocycles. The van der Waals surface area contributed by atoms with Gasteiger partial charge >= 0.3 is 0 Å². The number of carbonyl (C=O) groups is 1. The molecule has 0 aliphatic carbocycles. The summed E-state index contributed by atoms with van der Waals surface area (Å²) in [7, 11) is 1.69. The maximum absolute atomic E-state index is 10.8. The van der Waals surface area contributed by atoms with Gasteiger partial charge < -0.3 is 0 Å². The molecule has 0 aromatic heterocycles. The molecule has 0 fully saturated rings. The summed E-state index contributed by atoms with van der Waals surface area (Å²) >= 11 is 0. The van der Waals surface area contributed by atoms with Crippen molar-refractivity contribution in [3.63, 3.8) is 0 Å². The second-order valence-electron chi connectivity index (χ2n) is 2.50. The van der Waals surface area contributed by atoms with Crippen molar-refractivity contribution in [2.24, 2.45) is 9.98 Å². The summed E-state index contributed by atoms with van der Waals surface area (Å²) in [6.45, 7) is 6.98. The molecule has 0 saturated carbocycles. The molecule has 3 heteroatoms. The molecule has 1 amide bonds. The van der Waals surface area contributed by atoms with Crippen LogP contribution in [0.15, 0.2) is 34.3 Å². The van der Waals surface area contributed by atoms with Crippen molar-refractivity contribution in [3.05, 3.63) is 24.3 Å². The minimum absolute atomic E-state index is 0.321. The van der Waals surface area contributed by atoms with E-state index in [4.69, 9.17) is 0 Å². The van der Waals surface area contributed by atoms with E-state index < -0.39 is 0 Å². The maximum Gasteiger partial charge on any atom is 0.269 e. The Hall–Kier alpha value is -1.51. The lowest BCUT2D eigenvalue weighted by atomic mass is 10.2. The van der Waals surface area contributed by atoms with Crippen LogP contribution in [0.2, 0.25) is 0 Å². The highest BCUT2D eigenvalue weighted by Crippen LogP contribution is 1.96. The lowest BCUT2D eigenvalue weighted by Gasteiger charge is -1.96. The summed E-state index contributed by atoms with van der Waals surface area (Å²) in [6, 6.07) is 0. The van der Waals surface area contributed by atoms with E-state index in [1.54, 1.807) is 26.3 Å². The third-order valence-corrected chi connectivity index (χ3v) is 1.50. The van der Waals surface area contributed by atoms with E-state index in [2.05, 4.69) is 16.6 Å². The van der Waals surface area contributed by atoms with E-state index in [1.807, 2.05) is 6.92 Å². The van der Waals surface area contributed by atoms with Crippen LogP contribution >= 0.6 is 0 Å². The minimum Gasteiger partial charge on any atom is -0.297 e. The van der Waals surface area contributed by atoms with Crippen LogP contribution in [0.1, 0.15) is 13.8 Å². The quantitative estimate of drug-likeness (QED) is 0.480. The van der Waals surface area contributed by atoms with Gasteiger partial charge in [-0.2, -0.15) is 0 Å². The highest BCUT2D eigenvalue weighted by atomic mass is 16.1. The zero-order chi connectivity index (χ0) is 10.3. The summed E-state index contributed by atoms with van der Waals surface area (Å²) in [6.07, 6.45) is 4.65. The average molecular weight is 178 g/mol. The third kappa shape index (κ3) is 4.85. The molecule has 0 saturated heterocycles. The lowest BCUT2D eigenvalue weighted by Crippen LogP contribution is -1.98. The van der Waals surface area contributed by atoms with Crippen molar-refractivity contribution < 1.29 is 4.79 Å². The molecule has 13 heavy (non-hydrogen) atoms. The zero-order valence-corrected chi connectivity index (χ0v) is 8.24. The molecule has 0 rings (SSSR count). The van der Waals surface area contributed by atoms with Crippen LogP contribution in [0.4, 0.5) is 0 Å². The predicted molar refractivity (Wildman–Crippen MR) is 56.5 cm³/mol. The predicted octanol–water partition coefficient (Wildman–Crippen LogP) is 1.81. The molecule has 0 aromatic rings. The van der Waals surface area contributed by atoms with Crippen LogP contribution in [0.3, 0.4) is 0 Å². The Morgan fingerprint density at radius 3 is 2.46 bits per heavy atom. The Morgan fingerprint density at radius 1 is 1.38 bits per heavy atom. The summed E-state index contributed by atoms with van der Waals surface area (Å²) in [5, 5.41) is 0. The first-order chi connectivity index (χ1) is 6.11. The van der Waals surface area contributed by atoms with Gasteiger partial charge in [0.05, 0.1) is 0 Å². The number of rotatable bonds is 3. The third-order valence-electron chi connectivity index (χ3n) is 1.50. The molecule has 0 atom stereocenters. The van der Waals surface area contributed by atoms with E-state index in [1.165, 1.54) is 6.08 Å². The Balaban J connectivity index is 4.58. The number of carbonyl (C=O) groups excluding carboxylic acids is 1. The van der Waals surface area contributed by atoms with Crippen molar-refractivity contribution in [3.8, 4) is 0 Å². The van der Waals surface area contributed by atoms with Gasteiger partial charge in [0.1, 0.15) is 0 Å². The van der Waals surface area contributed by atoms with Gasteiger partial charge in [-0.1, -0.05) is 6.58 Å². The highest BCUT2D eigenvalue weighted by Gasteiger charge is 1.95. The molecular weight excluding hydrogens is 164 g/mol. The molecular formula is C10H14N2O. The Labute approximate surface area is 78.6 Å². The summed E-state index contributed by atoms with van der Waals surface area (Å²) in [5.41, 5.74) is 1.60. The second-order valence-corrected chi connectivity index (χ2v) is 2.50. The Kier molecular flexibility index (Phi) is 5.35. The molecule has 0 spiro atoms. The molecule has 0 N–H and O–H groups in total. The Morgan fingerprint density at radius 2 is 2.00 bits per heavy atom. The molecule has 0 aliphatic rings. The molecule has 0 radical (unpaired) electrons. The van der Waals surface area contributed by atoms with Crippen LogP contribution in [0.25, 0.3) is 0 Å². The fourth-order valence-electron chi connectivity index (χ4n) is 0.606. The number of hydrogen-bond donors (Lipinski definition) is 0. The average Bonchev–Trinajstić information content (AvgIpc) is 2.13. The monoisotopic (exact) mass is 178 g/mol. The van der Waals surface area contributed by atoms with Gasteiger partial charge in [-0.25, -0.2) is 4.99 Å². The van der Waals surface area contributed by atoms with Gasteiger partial charge in [0, 0.05) is 19.0 Å².